The molecule has 0 aliphatic carbocycles. The molecule has 0 amide bonds. The first-order valence-electron chi connectivity index (χ1n) is 6.61. The van der Waals surface area contributed by atoms with Gasteiger partial charge in [-0.3, -0.25) is 4.79 Å². The summed E-state index contributed by atoms with van der Waals surface area (Å²) < 4.78 is 33.2. The van der Waals surface area contributed by atoms with Crippen LogP contribution < -0.4 is 15.0 Å². The lowest BCUT2D eigenvalue weighted by molar-refractivity contribution is 0.402. The molecule has 0 saturated heterocycles. The Morgan fingerprint density at radius 3 is 2.68 bits per heavy atom. The van der Waals surface area contributed by atoms with Crippen molar-refractivity contribution in [2.45, 2.75) is 18.4 Å². The average molecular weight is 323 g/mol. The fourth-order valence-corrected chi connectivity index (χ4v) is 3.11. The van der Waals surface area contributed by atoms with Gasteiger partial charge in [0.2, 0.25) is 10.0 Å². The van der Waals surface area contributed by atoms with Gasteiger partial charge in [-0.15, -0.1) is 0 Å². The second-order valence-corrected chi connectivity index (χ2v) is 6.32. The number of hydrogen-bond acceptors (Lipinski definition) is 5. The van der Waals surface area contributed by atoms with Crippen molar-refractivity contribution < 1.29 is 13.2 Å². The summed E-state index contributed by atoms with van der Waals surface area (Å²) in [6.45, 7) is 1.96. The Kier molecular flexibility index (Phi) is 4.94. The Morgan fingerprint density at radius 1 is 1.23 bits per heavy atom. The van der Waals surface area contributed by atoms with Gasteiger partial charge in [-0.2, -0.15) is 5.10 Å². The van der Waals surface area contributed by atoms with Crippen LogP contribution in [0.3, 0.4) is 0 Å². The lowest BCUT2D eigenvalue weighted by atomic mass is 10.3. The molecule has 0 bridgehead atoms. The standard InChI is InChI=1S/C14H17N3O4S/c1-11-7-8-14(18)17(16-11)10-9-15-22(19,20)13-6-4-3-5-12(13)21-2/h3-8,15H,9-10H2,1-2H3. The number of para-hydroxylation sites is 1. The van der Waals surface area contributed by atoms with E-state index >= 15 is 0 Å². The maximum Gasteiger partial charge on any atom is 0.266 e. The molecule has 0 saturated carbocycles. The summed E-state index contributed by atoms with van der Waals surface area (Å²) in [5.74, 6) is 0.265. The topological polar surface area (TPSA) is 90.3 Å². The number of methoxy groups -OCH3 is 1. The van der Waals surface area contributed by atoms with Crippen LogP contribution in [0.5, 0.6) is 5.75 Å². The van der Waals surface area contributed by atoms with Gasteiger partial charge in [0.1, 0.15) is 10.6 Å². The molecular weight excluding hydrogens is 306 g/mol. The normalized spacial score (nSPS) is 11.4. The van der Waals surface area contributed by atoms with Crippen molar-refractivity contribution in [3.8, 4) is 5.75 Å². The summed E-state index contributed by atoms with van der Waals surface area (Å²) in [6.07, 6.45) is 0. The highest BCUT2D eigenvalue weighted by Crippen LogP contribution is 2.22. The molecule has 1 aromatic heterocycles. The van der Waals surface area contributed by atoms with Crippen molar-refractivity contribution in [2.75, 3.05) is 13.7 Å². The third-order valence-electron chi connectivity index (χ3n) is 2.97. The van der Waals surface area contributed by atoms with Crippen LogP contribution in [0, 0.1) is 6.92 Å². The number of aromatic nitrogens is 2. The fourth-order valence-electron chi connectivity index (χ4n) is 1.92. The van der Waals surface area contributed by atoms with E-state index in [1.807, 2.05) is 0 Å². The molecule has 2 rings (SSSR count). The fraction of sp³-hybridized carbons (Fsp3) is 0.286. The molecule has 0 atom stereocenters. The monoisotopic (exact) mass is 323 g/mol. The van der Waals surface area contributed by atoms with Crippen LogP contribution in [0.1, 0.15) is 5.69 Å². The Morgan fingerprint density at radius 2 is 1.95 bits per heavy atom. The Balaban J connectivity index is 2.10. The minimum atomic E-state index is -3.71. The lowest BCUT2D eigenvalue weighted by Gasteiger charge is -2.11. The molecular formula is C14H17N3O4S. The van der Waals surface area contributed by atoms with Crippen molar-refractivity contribution in [2.24, 2.45) is 0 Å². The van der Waals surface area contributed by atoms with E-state index in [1.54, 1.807) is 31.2 Å². The summed E-state index contributed by atoms with van der Waals surface area (Å²) in [4.78, 5) is 11.7. The molecule has 0 spiro atoms. The van der Waals surface area contributed by atoms with Crippen molar-refractivity contribution in [1.82, 2.24) is 14.5 Å². The van der Waals surface area contributed by atoms with Gasteiger partial charge in [0.05, 0.1) is 19.3 Å². The number of nitrogens with zero attached hydrogens (tertiary/aromatic N) is 2. The molecule has 0 aliphatic heterocycles. The largest absolute Gasteiger partial charge is 0.495 e. The SMILES string of the molecule is COc1ccccc1S(=O)(=O)NCCn1nc(C)ccc1=O. The van der Waals surface area contributed by atoms with Gasteiger partial charge in [0, 0.05) is 12.6 Å². The predicted octanol–water partition coefficient (Wildman–Crippen LogP) is 0.539. The van der Waals surface area contributed by atoms with E-state index in [0.717, 1.165) is 0 Å². The van der Waals surface area contributed by atoms with E-state index in [9.17, 15) is 13.2 Å². The van der Waals surface area contributed by atoms with E-state index in [-0.39, 0.29) is 29.3 Å². The van der Waals surface area contributed by atoms with Crippen molar-refractivity contribution in [1.29, 1.82) is 0 Å². The first-order chi connectivity index (χ1) is 10.4. The van der Waals surface area contributed by atoms with Gasteiger partial charge >= 0.3 is 0 Å². The van der Waals surface area contributed by atoms with Crippen LogP contribution in [0.25, 0.3) is 0 Å². The summed E-state index contributed by atoms with van der Waals surface area (Å²) in [5, 5.41) is 4.04. The molecule has 2 aromatic rings. The van der Waals surface area contributed by atoms with Gasteiger partial charge in [0.25, 0.3) is 5.56 Å². The predicted molar refractivity (Wildman–Crippen MR) is 81.4 cm³/mol. The quantitative estimate of drug-likeness (QED) is 0.838. The first kappa shape index (κ1) is 16.2. The van der Waals surface area contributed by atoms with Gasteiger partial charge in [-0.05, 0) is 25.1 Å². The van der Waals surface area contributed by atoms with Gasteiger partial charge in [-0.25, -0.2) is 17.8 Å². The highest BCUT2D eigenvalue weighted by Gasteiger charge is 2.18. The highest BCUT2D eigenvalue weighted by atomic mass is 32.2. The molecule has 1 aromatic carbocycles. The van der Waals surface area contributed by atoms with Crippen LogP contribution >= 0.6 is 0 Å². The van der Waals surface area contributed by atoms with Crippen LogP contribution in [-0.2, 0) is 16.6 Å². The molecule has 0 aliphatic rings. The number of rotatable bonds is 6. The van der Waals surface area contributed by atoms with E-state index in [2.05, 4.69) is 9.82 Å². The molecule has 1 N–H and O–H groups in total. The van der Waals surface area contributed by atoms with Gasteiger partial charge in [0.15, 0.2) is 0 Å². The number of aryl methyl sites for hydroxylation is 1. The maximum atomic E-state index is 12.3. The number of nitrogens with one attached hydrogen (secondary N) is 1. The minimum absolute atomic E-state index is 0.0523. The second-order valence-electron chi connectivity index (χ2n) is 4.58. The molecule has 0 radical (unpaired) electrons. The van der Waals surface area contributed by atoms with Crippen LogP contribution in [-0.4, -0.2) is 31.9 Å². The molecule has 8 heteroatoms. The highest BCUT2D eigenvalue weighted by molar-refractivity contribution is 7.89. The zero-order valence-corrected chi connectivity index (χ0v) is 13.1. The average Bonchev–Trinajstić information content (AvgIpc) is 2.50. The van der Waals surface area contributed by atoms with Gasteiger partial charge < -0.3 is 4.74 Å². The van der Waals surface area contributed by atoms with Gasteiger partial charge in [-0.1, -0.05) is 12.1 Å². The van der Waals surface area contributed by atoms with Crippen molar-refractivity contribution >= 4 is 10.0 Å². The molecule has 7 nitrogen and oxygen atoms in total. The molecule has 0 fully saturated rings. The van der Waals surface area contributed by atoms with E-state index in [0.29, 0.717) is 5.69 Å². The zero-order valence-electron chi connectivity index (χ0n) is 12.3. The molecule has 118 valence electrons. The smallest absolute Gasteiger partial charge is 0.266 e. The Labute approximate surface area is 128 Å². The Bertz CT molecular complexity index is 815. The molecule has 0 unspecified atom stereocenters. The van der Waals surface area contributed by atoms with Crippen molar-refractivity contribution in [3.05, 3.63) is 52.4 Å². The third kappa shape index (κ3) is 3.71. The Hall–Kier alpha value is -2.19. The third-order valence-corrected chi connectivity index (χ3v) is 4.47. The molecule has 22 heavy (non-hydrogen) atoms. The number of hydrogen-bond donors (Lipinski definition) is 1. The number of sulfonamides is 1. The van der Waals surface area contributed by atoms with E-state index in [4.69, 9.17) is 4.74 Å². The first-order valence-corrected chi connectivity index (χ1v) is 8.10. The molecule has 1 heterocycles. The summed E-state index contributed by atoms with van der Waals surface area (Å²) in [6, 6.07) is 9.34. The lowest BCUT2D eigenvalue weighted by Crippen LogP contribution is -2.32. The zero-order chi connectivity index (χ0) is 16.2. The van der Waals surface area contributed by atoms with Crippen LogP contribution in [0.4, 0.5) is 0 Å². The van der Waals surface area contributed by atoms with Crippen LogP contribution in [0.2, 0.25) is 0 Å². The number of benzene rings is 1. The number of ether oxygens (including phenoxy) is 1. The van der Waals surface area contributed by atoms with E-state index in [1.165, 1.54) is 23.9 Å². The summed E-state index contributed by atoms with van der Waals surface area (Å²) in [5.41, 5.74) is 0.411. The van der Waals surface area contributed by atoms with Crippen molar-refractivity contribution in [3.63, 3.8) is 0 Å². The minimum Gasteiger partial charge on any atom is -0.495 e. The summed E-state index contributed by atoms with van der Waals surface area (Å²) >= 11 is 0. The van der Waals surface area contributed by atoms with E-state index < -0.39 is 10.0 Å². The summed E-state index contributed by atoms with van der Waals surface area (Å²) in [7, 11) is -2.31. The maximum absolute atomic E-state index is 12.3. The second kappa shape index (κ2) is 6.71. The van der Waals surface area contributed by atoms with Crippen LogP contribution in [0.15, 0.2) is 46.1 Å².